The van der Waals surface area contributed by atoms with E-state index in [9.17, 15) is 4.39 Å². The van der Waals surface area contributed by atoms with Crippen LogP contribution in [0.1, 0.15) is 17.2 Å². The molecule has 1 atom stereocenters. The molecule has 1 aliphatic rings. The van der Waals surface area contributed by atoms with Crippen LogP contribution in [0, 0.1) is 12.7 Å². The van der Waals surface area contributed by atoms with Crippen LogP contribution in [0.15, 0.2) is 18.2 Å². The second kappa shape index (κ2) is 7.07. The van der Waals surface area contributed by atoms with Gasteiger partial charge in [-0.2, -0.15) is 0 Å². The van der Waals surface area contributed by atoms with Crippen molar-refractivity contribution in [2.75, 3.05) is 19.6 Å². The third-order valence-electron chi connectivity index (χ3n) is 2.65. The van der Waals surface area contributed by atoms with Crippen LogP contribution in [-0.4, -0.2) is 19.6 Å². The van der Waals surface area contributed by atoms with E-state index >= 15 is 0 Å². The van der Waals surface area contributed by atoms with Gasteiger partial charge in [0.15, 0.2) is 0 Å². The zero-order valence-electron chi connectivity index (χ0n) is 9.13. The molecular weight excluding hydrogens is 250 g/mol. The first-order chi connectivity index (χ1) is 6.77. The Morgan fingerprint density at radius 3 is 2.56 bits per heavy atom. The van der Waals surface area contributed by atoms with Gasteiger partial charge in [-0.15, -0.1) is 24.8 Å². The molecular formula is C11H17Cl2FN2. The van der Waals surface area contributed by atoms with E-state index in [1.54, 1.807) is 6.07 Å². The van der Waals surface area contributed by atoms with Crippen LogP contribution in [0.2, 0.25) is 0 Å². The van der Waals surface area contributed by atoms with E-state index in [1.807, 2.05) is 13.0 Å². The summed E-state index contributed by atoms with van der Waals surface area (Å²) in [5, 5.41) is 6.73. The Labute approximate surface area is 108 Å². The number of nitrogens with one attached hydrogen (secondary N) is 2. The summed E-state index contributed by atoms with van der Waals surface area (Å²) in [5.74, 6) is -0.157. The minimum Gasteiger partial charge on any atom is -0.314 e. The first kappa shape index (κ1) is 15.7. The number of hydrogen-bond acceptors (Lipinski definition) is 2. The fraction of sp³-hybridized carbons (Fsp3) is 0.455. The molecule has 2 rings (SSSR count). The van der Waals surface area contributed by atoms with E-state index in [-0.39, 0.29) is 30.6 Å². The normalized spacial score (nSPS) is 19.5. The molecule has 1 saturated heterocycles. The van der Waals surface area contributed by atoms with Crippen molar-refractivity contribution in [2.45, 2.75) is 13.0 Å². The molecule has 1 aromatic carbocycles. The largest absolute Gasteiger partial charge is 0.314 e. The predicted molar refractivity (Wildman–Crippen MR) is 69.2 cm³/mol. The second-order valence-corrected chi connectivity index (χ2v) is 3.71. The zero-order valence-corrected chi connectivity index (χ0v) is 10.8. The topological polar surface area (TPSA) is 24.1 Å². The smallest absolute Gasteiger partial charge is 0.123 e. The third kappa shape index (κ3) is 3.59. The Hall–Kier alpha value is -0.350. The Kier molecular flexibility index (Phi) is 6.91. The van der Waals surface area contributed by atoms with Crippen LogP contribution < -0.4 is 10.6 Å². The fourth-order valence-corrected chi connectivity index (χ4v) is 1.90. The van der Waals surface area contributed by atoms with Gasteiger partial charge in [0.05, 0.1) is 0 Å². The number of rotatable bonds is 1. The summed E-state index contributed by atoms with van der Waals surface area (Å²) in [4.78, 5) is 0. The first-order valence-corrected chi connectivity index (χ1v) is 4.97. The molecule has 1 fully saturated rings. The molecule has 0 radical (unpaired) electrons. The third-order valence-corrected chi connectivity index (χ3v) is 2.65. The molecule has 5 heteroatoms. The number of piperazine rings is 1. The lowest BCUT2D eigenvalue weighted by atomic mass is 10.00. The first-order valence-electron chi connectivity index (χ1n) is 4.97. The van der Waals surface area contributed by atoms with Crippen LogP contribution in [0.5, 0.6) is 0 Å². The molecule has 1 aromatic rings. The summed E-state index contributed by atoms with van der Waals surface area (Å²) in [5.41, 5.74) is 2.21. The highest BCUT2D eigenvalue weighted by Gasteiger charge is 2.15. The average molecular weight is 267 g/mol. The van der Waals surface area contributed by atoms with Crippen molar-refractivity contribution in [2.24, 2.45) is 0 Å². The molecule has 92 valence electrons. The maximum atomic E-state index is 12.9. The van der Waals surface area contributed by atoms with Gasteiger partial charge in [-0.05, 0) is 30.2 Å². The van der Waals surface area contributed by atoms with E-state index in [0.717, 1.165) is 25.2 Å². The molecule has 0 saturated carbocycles. The summed E-state index contributed by atoms with van der Waals surface area (Å²) >= 11 is 0. The van der Waals surface area contributed by atoms with Gasteiger partial charge in [-0.3, -0.25) is 0 Å². The van der Waals surface area contributed by atoms with Gasteiger partial charge >= 0.3 is 0 Å². The highest BCUT2D eigenvalue weighted by molar-refractivity contribution is 5.85. The quantitative estimate of drug-likeness (QED) is 0.815. The summed E-state index contributed by atoms with van der Waals surface area (Å²) < 4.78 is 12.9. The van der Waals surface area contributed by atoms with Gasteiger partial charge in [0.1, 0.15) is 5.82 Å². The van der Waals surface area contributed by atoms with Crippen LogP contribution in [0.25, 0.3) is 0 Å². The van der Waals surface area contributed by atoms with Crippen LogP contribution in [0.3, 0.4) is 0 Å². The number of aryl methyl sites for hydroxylation is 1. The van der Waals surface area contributed by atoms with Gasteiger partial charge in [-0.1, -0.05) is 6.07 Å². The summed E-state index contributed by atoms with van der Waals surface area (Å²) in [6.07, 6.45) is 0. The number of halogens is 3. The Bertz CT molecular complexity index is 328. The van der Waals surface area contributed by atoms with Gasteiger partial charge in [0.25, 0.3) is 0 Å². The van der Waals surface area contributed by atoms with E-state index in [4.69, 9.17) is 0 Å². The van der Waals surface area contributed by atoms with Crippen LogP contribution in [-0.2, 0) is 0 Å². The SMILES string of the molecule is Cc1cc(F)ccc1[C@@H]1CNCCN1.Cl.Cl. The Balaban J connectivity index is 0.00000112. The summed E-state index contributed by atoms with van der Waals surface area (Å²) in [6, 6.07) is 5.31. The lowest BCUT2D eigenvalue weighted by molar-refractivity contribution is 0.428. The zero-order chi connectivity index (χ0) is 9.97. The van der Waals surface area contributed by atoms with E-state index in [1.165, 1.54) is 11.6 Å². The maximum absolute atomic E-state index is 12.9. The van der Waals surface area contributed by atoms with Crippen molar-refractivity contribution < 1.29 is 4.39 Å². The van der Waals surface area contributed by atoms with E-state index < -0.39 is 0 Å². The predicted octanol–water partition coefficient (Wildman–Crippen LogP) is 2.21. The highest BCUT2D eigenvalue weighted by atomic mass is 35.5. The summed E-state index contributed by atoms with van der Waals surface area (Å²) in [7, 11) is 0. The molecule has 16 heavy (non-hydrogen) atoms. The maximum Gasteiger partial charge on any atom is 0.123 e. The number of hydrogen-bond donors (Lipinski definition) is 2. The van der Waals surface area contributed by atoms with E-state index in [0.29, 0.717) is 6.04 Å². The molecule has 1 aliphatic heterocycles. The molecule has 2 nitrogen and oxygen atoms in total. The lowest BCUT2D eigenvalue weighted by Gasteiger charge is -2.26. The average Bonchev–Trinajstić information content (AvgIpc) is 2.19. The summed E-state index contributed by atoms with van der Waals surface area (Å²) in [6.45, 7) is 4.86. The van der Waals surface area contributed by atoms with Crippen LogP contribution >= 0.6 is 24.8 Å². The van der Waals surface area contributed by atoms with E-state index in [2.05, 4.69) is 10.6 Å². The molecule has 0 aromatic heterocycles. The number of benzene rings is 1. The molecule has 1 heterocycles. The minimum atomic E-state index is -0.157. The molecule has 0 aliphatic carbocycles. The standard InChI is InChI=1S/C11H15FN2.2ClH/c1-8-6-9(12)2-3-10(8)11-7-13-4-5-14-11;;/h2-3,6,11,13-14H,4-5,7H2,1H3;2*1H/t11-;;/m0../s1. The molecule has 0 amide bonds. The molecule has 0 unspecified atom stereocenters. The Morgan fingerprint density at radius 2 is 2.00 bits per heavy atom. The van der Waals surface area contributed by atoms with Gasteiger partial charge in [-0.25, -0.2) is 4.39 Å². The highest BCUT2D eigenvalue weighted by Crippen LogP contribution is 2.18. The van der Waals surface area contributed by atoms with Gasteiger partial charge < -0.3 is 10.6 Å². The lowest BCUT2D eigenvalue weighted by Crippen LogP contribution is -2.42. The van der Waals surface area contributed by atoms with Gasteiger partial charge in [0.2, 0.25) is 0 Å². The minimum absolute atomic E-state index is 0. The van der Waals surface area contributed by atoms with Crippen molar-refractivity contribution in [3.63, 3.8) is 0 Å². The van der Waals surface area contributed by atoms with Gasteiger partial charge in [0, 0.05) is 25.7 Å². The monoisotopic (exact) mass is 266 g/mol. The van der Waals surface area contributed by atoms with Crippen molar-refractivity contribution >= 4 is 24.8 Å². The molecule has 0 spiro atoms. The fourth-order valence-electron chi connectivity index (χ4n) is 1.90. The van der Waals surface area contributed by atoms with Crippen molar-refractivity contribution in [1.29, 1.82) is 0 Å². The van der Waals surface area contributed by atoms with Crippen molar-refractivity contribution in [1.82, 2.24) is 10.6 Å². The van der Waals surface area contributed by atoms with Crippen molar-refractivity contribution in [3.05, 3.63) is 35.1 Å². The Morgan fingerprint density at radius 1 is 1.25 bits per heavy atom. The van der Waals surface area contributed by atoms with Crippen LogP contribution in [0.4, 0.5) is 4.39 Å². The molecule has 2 N–H and O–H groups in total. The van der Waals surface area contributed by atoms with Crippen molar-refractivity contribution in [3.8, 4) is 0 Å². The second-order valence-electron chi connectivity index (χ2n) is 3.71. The molecule has 0 bridgehead atoms.